The largest absolute Gasteiger partial charge is 0.481 e. The molecule has 0 aromatic heterocycles. The van der Waals surface area contributed by atoms with E-state index in [1.807, 2.05) is 6.07 Å². The minimum Gasteiger partial charge on any atom is -0.481 e. The van der Waals surface area contributed by atoms with Crippen LogP contribution in [0.25, 0.3) is 0 Å². The van der Waals surface area contributed by atoms with E-state index in [0.717, 1.165) is 0 Å². The van der Waals surface area contributed by atoms with Gasteiger partial charge < -0.3 is 9.84 Å². The molecular formula is C14H18O4. The summed E-state index contributed by atoms with van der Waals surface area (Å²) in [5.74, 6) is -1.48. The SMILES string of the molecule is CCOC(=O)CC(CC)(C(=O)O)c1ccccc1. The van der Waals surface area contributed by atoms with Crippen molar-refractivity contribution in [3.05, 3.63) is 35.9 Å². The molecule has 0 fully saturated rings. The number of carbonyl (C=O) groups is 2. The molecular weight excluding hydrogens is 232 g/mol. The molecule has 1 N–H and O–H groups in total. The fourth-order valence-corrected chi connectivity index (χ4v) is 2.00. The Kier molecular flexibility index (Phi) is 4.89. The van der Waals surface area contributed by atoms with Crippen molar-refractivity contribution in [1.29, 1.82) is 0 Å². The normalized spacial score (nSPS) is 13.7. The molecule has 18 heavy (non-hydrogen) atoms. The third-order valence-corrected chi connectivity index (χ3v) is 3.09. The van der Waals surface area contributed by atoms with Crippen LogP contribution in [0.5, 0.6) is 0 Å². The Morgan fingerprint density at radius 2 is 1.83 bits per heavy atom. The van der Waals surface area contributed by atoms with E-state index in [1.54, 1.807) is 38.1 Å². The van der Waals surface area contributed by atoms with Crippen LogP contribution < -0.4 is 0 Å². The molecule has 0 radical (unpaired) electrons. The molecule has 0 heterocycles. The second-order valence-electron chi connectivity index (χ2n) is 4.09. The van der Waals surface area contributed by atoms with Crippen LogP contribution in [0.2, 0.25) is 0 Å². The standard InChI is InChI=1S/C14H18O4/c1-3-14(13(16)17,10-12(15)18-4-2)11-8-6-5-7-9-11/h5-9H,3-4,10H2,1-2H3,(H,16,17). The number of benzene rings is 1. The number of carboxylic acid groups (broad SMARTS) is 1. The smallest absolute Gasteiger partial charge is 0.314 e. The molecule has 0 aliphatic carbocycles. The van der Waals surface area contributed by atoms with Crippen LogP contribution in [0.3, 0.4) is 0 Å². The lowest BCUT2D eigenvalue weighted by molar-refractivity contribution is -0.153. The maximum Gasteiger partial charge on any atom is 0.314 e. The number of aliphatic carboxylic acids is 1. The van der Waals surface area contributed by atoms with Gasteiger partial charge in [0.05, 0.1) is 13.0 Å². The molecule has 0 aliphatic heterocycles. The van der Waals surface area contributed by atoms with E-state index in [4.69, 9.17) is 4.74 Å². The Morgan fingerprint density at radius 1 is 1.22 bits per heavy atom. The lowest BCUT2D eigenvalue weighted by Crippen LogP contribution is -2.38. The highest BCUT2D eigenvalue weighted by Gasteiger charge is 2.41. The van der Waals surface area contributed by atoms with E-state index in [1.165, 1.54) is 0 Å². The van der Waals surface area contributed by atoms with Gasteiger partial charge in [-0.05, 0) is 18.9 Å². The van der Waals surface area contributed by atoms with Gasteiger partial charge in [0, 0.05) is 0 Å². The molecule has 0 amide bonds. The topological polar surface area (TPSA) is 63.6 Å². The van der Waals surface area contributed by atoms with Crippen molar-refractivity contribution in [2.75, 3.05) is 6.61 Å². The summed E-state index contributed by atoms with van der Waals surface area (Å²) in [5.41, 5.74) is -0.568. The number of hydrogen-bond acceptors (Lipinski definition) is 3. The molecule has 1 rings (SSSR count). The number of carboxylic acids is 1. The summed E-state index contributed by atoms with van der Waals surface area (Å²) in [6, 6.07) is 8.82. The highest BCUT2D eigenvalue weighted by atomic mass is 16.5. The van der Waals surface area contributed by atoms with Gasteiger partial charge in [0.1, 0.15) is 5.41 Å². The number of rotatable bonds is 6. The van der Waals surface area contributed by atoms with E-state index in [2.05, 4.69) is 0 Å². The highest BCUT2D eigenvalue weighted by Crippen LogP contribution is 2.32. The molecule has 4 nitrogen and oxygen atoms in total. The van der Waals surface area contributed by atoms with Crippen molar-refractivity contribution in [3.63, 3.8) is 0 Å². The second kappa shape index (κ2) is 6.19. The summed E-state index contributed by atoms with van der Waals surface area (Å²) >= 11 is 0. The van der Waals surface area contributed by atoms with Gasteiger partial charge in [-0.3, -0.25) is 9.59 Å². The van der Waals surface area contributed by atoms with Crippen LogP contribution in [0, 0.1) is 0 Å². The Bertz CT molecular complexity index is 413. The van der Waals surface area contributed by atoms with Crippen molar-refractivity contribution in [3.8, 4) is 0 Å². The molecule has 1 aromatic carbocycles. The second-order valence-corrected chi connectivity index (χ2v) is 4.09. The zero-order chi connectivity index (χ0) is 13.6. The molecule has 0 bridgehead atoms. The van der Waals surface area contributed by atoms with Crippen molar-refractivity contribution >= 4 is 11.9 Å². The summed E-state index contributed by atoms with van der Waals surface area (Å²) in [5, 5.41) is 9.49. The molecule has 0 saturated carbocycles. The summed E-state index contributed by atoms with van der Waals surface area (Å²) in [6.45, 7) is 3.72. The minimum atomic E-state index is -1.20. The first kappa shape index (κ1) is 14.2. The van der Waals surface area contributed by atoms with Gasteiger partial charge in [0.2, 0.25) is 0 Å². The van der Waals surface area contributed by atoms with Crippen LogP contribution in [0.1, 0.15) is 32.3 Å². The number of carbonyl (C=O) groups excluding carboxylic acids is 1. The first-order valence-corrected chi connectivity index (χ1v) is 6.01. The van der Waals surface area contributed by atoms with Gasteiger partial charge in [-0.1, -0.05) is 37.3 Å². The molecule has 0 aliphatic rings. The number of hydrogen-bond donors (Lipinski definition) is 1. The van der Waals surface area contributed by atoms with E-state index in [-0.39, 0.29) is 13.0 Å². The molecule has 1 atom stereocenters. The van der Waals surface area contributed by atoms with Crippen molar-refractivity contribution in [2.45, 2.75) is 32.1 Å². The van der Waals surface area contributed by atoms with Crippen molar-refractivity contribution < 1.29 is 19.4 Å². The first-order valence-electron chi connectivity index (χ1n) is 6.01. The average Bonchev–Trinajstić information content (AvgIpc) is 2.37. The van der Waals surface area contributed by atoms with Gasteiger partial charge in [-0.2, -0.15) is 0 Å². The van der Waals surface area contributed by atoms with Crippen molar-refractivity contribution in [2.24, 2.45) is 0 Å². The molecule has 1 aromatic rings. The van der Waals surface area contributed by atoms with E-state index in [9.17, 15) is 14.7 Å². The number of esters is 1. The third-order valence-electron chi connectivity index (χ3n) is 3.09. The molecule has 4 heteroatoms. The first-order chi connectivity index (χ1) is 8.56. The quantitative estimate of drug-likeness (QED) is 0.787. The fourth-order valence-electron chi connectivity index (χ4n) is 2.00. The summed E-state index contributed by atoms with van der Waals surface area (Å²) in [4.78, 5) is 23.2. The predicted octanol–water partition coefficient (Wildman–Crippen LogP) is 2.37. The predicted molar refractivity (Wildman–Crippen MR) is 67.3 cm³/mol. The van der Waals surface area contributed by atoms with Crippen LogP contribution >= 0.6 is 0 Å². The summed E-state index contributed by atoms with van der Waals surface area (Å²) < 4.78 is 4.87. The van der Waals surface area contributed by atoms with Gasteiger partial charge in [-0.25, -0.2) is 0 Å². The summed E-state index contributed by atoms with van der Waals surface area (Å²) in [7, 11) is 0. The zero-order valence-corrected chi connectivity index (χ0v) is 10.7. The van der Waals surface area contributed by atoms with E-state index >= 15 is 0 Å². The van der Waals surface area contributed by atoms with E-state index in [0.29, 0.717) is 12.0 Å². The van der Waals surface area contributed by atoms with Crippen LogP contribution in [-0.2, 0) is 19.7 Å². The fraction of sp³-hybridized carbons (Fsp3) is 0.429. The third kappa shape index (κ3) is 2.88. The average molecular weight is 250 g/mol. The lowest BCUT2D eigenvalue weighted by atomic mass is 9.75. The van der Waals surface area contributed by atoms with Crippen LogP contribution in [0.15, 0.2) is 30.3 Å². The monoisotopic (exact) mass is 250 g/mol. The lowest BCUT2D eigenvalue weighted by Gasteiger charge is -2.27. The Balaban J connectivity index is 3.10. The Hall–Kier alpha value is -1.84. The minimum absolute atomic E-state index is 0.142. The number of ether oxygens (including phenoxy) is 1. The van der Waals surface area contributed by atoms with Crippen LogP contribution in [0.4, 0.5) is 0 Å². The maximum absolute atomic E-state index is 11.6. The Labute approximate surface area is 107 Å². The van der Waals surface area contributed by atoms with Gasteiger partial charge in [-0.15, -0.1) is 0 Å². The van der Waals surface area contributed by atoms with E-state index < -0.39 is 17.4 Å². The molecule has 0 saturated heterocycles. The summed E-state index contributed by atoms with van der Waals surface area (Å²) in [6.07, 6.45) is 0.196. The Morgan fingerprint density at radius 3 is 2.28 bits per heavy atom. The molecule has 0 spiro atoms. The molecule has 98 valence electrons. The highest BCUT2D eigenvalue weighted by molar-refractivity contribution is 5.87. The van der Waals surface area contributed by atoms with Crippen molar-refractivity contribution in [1.82, 2.24) is 0 Å². The van der Waals surface area contributed by atoms with Gasteiger partial charge >= 0.3 is 11.9 Å². The van der Waals surface area contributed by atoms with Crippen LogP contribution in [-0.4, -0.2) is 23.7 Å². The van der Waals surface area contributed by atoms with Gasteiger partial charge in [0.25, 0.3) is 0 Å². The molecule has 1 unspecified atom stereocenters. The zero-order valence-electron chi connectivity index (χ0n) is 10.7. The van der Waals surface area contributed by atoms with Gasteiger partial charge in [0.15, 0.2) is 0 Å². The maximum atomic E-state index is 11.6.